The summed E-state index contributed by atoms with van der Waals surface area (Å²) in [5.41, 5.74) is 33.6. The summed E-state index contributed by atoms with van der Waals surface area (Å²) in [6.45, 7) is 21.0. The van der Waals surface area contributed by atoms with Crippen LogP contribution >= 0.6 is 0 Å². The number of hydrogen-bond donors (Lipinski definition) is 1. The van der Waals surface area contributed by atoms with Crippen LogP contribution in [0.2, 0.25) is 0 Å². The fourth-order valence-electron chi connectivity index (χ4n) is 16.8. The van der Waals surface area contributed by atoms with Crippen molar-refractivity contribution in [1.82, 2.24) is 39.9 Å². The summed E-state index contributed by atoms with van der Waals surface area (Å²) in [6.07, 6.45) is 53.0. The second kappa shape index (κ2) is 42.8. The first-order chi connectivity index (χ1) is 59.0. The monoisotopic (exact) mass is 1700 g/mol. The summed E-state index contributed by atoms with van der Waals surface area (Å²) in [7, 11) is 0. The van der Waals surface area contributed by atoms with Gasteiger partial charge in [-0.3, -0.25) is 4.79 Å². The number of aromatic nitrogens is 8. The van der Waals surface area contributed by atoms with E-state index in [2.05, 4.69) is 270 Å². The summed E-state index contributed by atoms with van der Waals surface area (Å²) < 4.78 is 0. The van der Waals surface area contributed by atoms with Gasteiger partial charge in [0, 0.05) is 17.1 Å². The van der Waals surface area contributed by atoms with E-state index in [0.29, 0.717) is 5.56 Å². The average molecular weight is 1710 g/mol. The van der Waals surface area contributed by atoms with Crippen molar-refractivity contribution in [3.05, 3.63) is 294 Å². The van der Waals surface area contributed by atoms with E-state index >= 15 is 0 Å². The topological polar surface area (TPSA) is 153 Å². The van der Waals surface area contributed by atoms with Gasteiger partial charge >= 0.3 is 44.9 Å². The van der Waals surface area contributed by atoms with Gasteiger partial charge in [-0.15, -0.1) is 44.1 Å². The van der Waals surface area contributed by atoms with Crippen LogP contribution in [0.15, 0.2) is 176 Å². The predicted octanol–water partition coefficient (Wildman–Crippen LogP) is 28.0. The van der Waals surface area contributed by atoms with E-state index in [-0.39, 0.29) is 44.7 Å². The molecule has 11 aromatic rings. The SMILES string of the molecule is [C-]#[N+]/C(=C\c1ccc(N(c2ccc(/C=C/c3ccc(-c4c5nc(c(CCCCC)c6ccc([n-]6)c(CCCCC)c6nc(c(CCCCC)c7ccc4[n-]7)C=C6)C=C5)cc3)cc2)c2ccc(/C=C/c3ccc(-c4c5nc(c(CCCCC)c6ccc([n-]6)c(CCCCC)c6nc(c(CCCCC)c7ccc4[n-]7)C=C6)C=C5)cc3)cc2)cc1)C(=O)O.[Zn+2].[Zn+2]. The van der Waals surface area contributed by atoms with Gasteiger partial charge in [0.05, 0.1) is 52.1 Å². The molecule has 0 spiro atoms. The maximum atomic E-state index is 11.9. The zero-order chi connectivity index (χ0) is 82.7. The van der Waals surface area contributed by atoms with E-state index in [1.54, 1.807) is 0 Å². The number of aryl methyl sites for hydroxylation is 6. The van der Waals surface area contributed by atoms with Crippen molar-refractivity contribution in [3.63, 3.8) is 0 Å². The molecule has 6 aromatic heterocycles. The zero-order valence-electron chi connectivity index (χ0n) is 71.9. The van der Waals surface area contributed by atoms with Gasteiger partial charge in [0.2, 0.25) is 0 Å². The van der Waals surface area contributed by atoms with Crippen molar-refractivity contribution >= 4 is 146 Å². The second-order valence-corrected chi connectivity index (χ2v) is 32.1. The van der Waals surface area contributed by atoms with E-state index in [1.807, 2.05) is 24.3 Å². The van der Waals surface area contributed by atoms with Crippen LogP contribution in [0.1, 0.15) is 264 Å². The van der Waals surface area contributed by atoms with Crippen molar-refractivity contribution in [2.24, 2.45) is 0 Å². The smallest absolute Gasteiger partial charge is 0.657 e. The minimum atomic E-state index is -1.26. The Morgan fingerprint density at radius 1 is 0.311 bits per heavy atom. The molecule has 10 heterocycles. The zero-order valence-corrected chi connectivity index (χ0v) is 77.8. The first kappa shape index (κ1) is 88.3. The predicted molar refractivity (Wildman–Crippen MR) is 505 cm³/mol. The Bertz CT molecular complexity index is 5800. The van der Waals surface area contributed by atoms with Crippen molar-refractivity contribution < 1.29 is 48.9 Å². The van der Waals surface area contributed by atoms with Crippen LogP contribution in [0, 0.1) is 6.57 Å². The molecule has 0 aliphatic carbocycles. The van der Waals surface area contributed by atoms with Crippen molar-refractivity contribution in [2.45, 2.75) is 196 Å². The fraction of sp³-hybridized carbons (Fsp3) is 0.278. The normalized spacial score (nSPS) is 12.3. The Hall–Kier alpha value is -11.5. The van der Waals surface area contributed by atoms with Gasteiger partial charge in [-0.1, -0.05) is 276 Å². The molecule has 606 valence electrons. The molecule has 0 fully saturated rings. The third-order valence-electron chi connectivity index (χ3n) is 23.5. The molecule has 15 rings (SSSR count). The minimum Gasteiger partial charge on any atom is -0.657 e. The molecule has 4 aliphatic heterocycles. The Balaban J connectivity index is 0.00000641. The molecule has 0 unspecified atom stereocenters. The minimum absolute atomic E-state index is 0. The Kier molecular flexibility index (Phi) is 31.0. The third-order valence-corrected chi connectivity index (χ3v) is 23.5. The number of aliphatic carboxylic acids is 1. The number of fused-ring (bicyclic) bond motifs is 16. The van der Waals surface area contributed by atoms with Crippen molar-refractivity contribution in [2.75, 3.05) is 4.90 Å². The Morgan fingerprint density at radius 3 is 0.779 bits per heavy atom. The summed E-state index contributed by atoms with van der Waals surface area (Å²) in [5.74, 6) is -1.26. The Morgan fingerprint density at radius 2 is 0.533 bits per heavy atom. The van der Waals surface area contributed by atoms with Gasteiger partial charge in [0.25, 0.3) is 5.70 Å². The van der Waals surface area contributed by atoms with Gasteiger partial charge in [0.1, 0.15) is 0 Å². The van der Waals surface area contributed by atoms with Gasteiger partial charge in [0.15, 0.2) is 0 Å². The van der Waals surface area contributed by atoms with E-state index in [0.717, 1.165) is 305 Å². The molecule has 1 N–H and O–H groups in total. The fourth-order valence-corrected chi connectivity index (χ4v) is 16.8. The van der Waals surface area contributed by atoms with Crippen LogP contribution in [0.4, 0.5) is 17.1 Å². The van der Waals surface area contributed by atoms with E-state index in [1.165, 1.54) is 39.5 Å². The third kappa shape index (κ3) is 21.0. The number of unbranched alkanes of at least 4 members (excludes halogenated alkanes) is 12. The van der Waals surface area contributed by atoms with E-state index in [9.17, 15) is 9.90 Å². The van der Waals surface area contributed by atoms with Crippen LogP contribution in [0.3, 0.4) is 0 Å². The van der Waals surface area contributed by atoms with E-state index in [4.69, 9.17) is 46.4 Å². The molecule has 12 nitrogen and oxygen atoms in total. The first-order valence-electron chi connectivity index (χ1n) is 44.0. The molecular formula is C108H108N10O2Zn2. The number of carboxylic acid groups (broad SMARTS) is 1. The largest absolute Gasteiger partial charge is 2.00 e. The van der Waals surface area contributed by atoms with Crippen LogP contribution in [0.25, 0.3) is 150 Å². The quantitative estimate of drug-likeness (QED) is 0.0133. The van der Waals surface area contributed by atoms with Crippen LogP contribution in [-0.4, -0.2) is 31.0 Å². The molecule has 4 aliphatic rings. The molecule has 16 bridgehead atoms. The number of rotatable bonds is 35. The summed E-state index contributed by atoms with van der Waals surface area (Å²) >= 11 is 0. The molecule has 0 amide bonds. The number of nitrogens with zero attached hydrogens (tertiary/aromatic N) is 10. The molecular weight excluding hydrogens is 1600 g/mol. The molecule has 0 saturated heterocycles. The standard InChI is InChI=1S/C108H109N10O2.2Zn/c1-8-14-20-26-83-89-56-60-93(110-89)85(28-22-16-10-3)97-64-68-101(114-97)106(102-69-65-98(115-102)86(29-23-17-11-4)94-61-57-90(83)111-94)78-46-36-73(37-47-78)32-34-75-40-50-80(51-41-75)118(82-54-44-77(45-55-82)72-105(109-7)108(119)120)81-52-42-76(43-53-81)35-33-74-38-48-79(49-39-74)107-103-70-66-99(116-103)87(30-24-18-12-5)95-62-58-91(112-95)84(27-21-15-9-2)92-59-63-96(113-92)88(31-25-19-13-6)100-67-71-104(107)117-100;;/h32-72H,8-31H2,1-6H3,(H2-3,110,111,112,113,114,115,116,117,119,120);;/q-3;2*+2/p-1/b34-32+,35-33+,89-83?,90-83?,91-84?,92-84?,93-85?,94-86?,95-87?,96-88?,97-85?,98-86?,99-87?,100-88?,105-72-,106-101?,106-102?,107-103?,107-104?;;. The second-order valence-electron chi connectivity index (χ2n) is 32.1. The molecule has 0 atom stereocenters. The molecule has 5 aromatic carbocycles. The molecule has 14 heteroatoms. The average Bonchev–Trinajstić information content (AvgIpc) is 1.66. The number of carbonyl (C=O) groups is 1. The Labute approximate surface area is 745 Å². The number of carboxylic acids is 1. The van der Waals surface area contributed by atoms with Gasteiger partial charge in [-0.25, -0.2) is 24.8 Å². The molecule has 0 radical (unpaired) electrons. The van der Waals surface area contributed by atoms with E-state index < -0.39 is 5.97 Å². The van der Waals surface area contributed by atoms with Crippen LogP contribution < -0.4 is 24.8 Å². The van der Waals surface area contributed by atoms with Crippen LogP contribution in [-0.2, 0) is 82.3 Å². The number of anilines is 3. The van der Waals surface area contributed by atoms with Gasteiger partial charge in [-0.2, -0.15) is 0 Å². The first-order valence-corrected chi connectivity index (χ1v) is 44.0. The van der Waals surface area contributed by atoms with Crippen molar-refractivity contribution in [1.29, 1.82) is 0 Å². The summed E-state index contributed by atoms with van der Waals surface area (Å²) in [4.78, 5) is 61.2. The summed E-state index contributed by atoms with van der Waals surface area (Å²) in [5, 5.41) is 9.73. The molecule has 0 saturated carbocycles. The van der Waals surface area contributed by atoms with Gasteiger partial charge < -0.3 is 29.9 Å². The van der Waals surface area contributed by atoms with Crippen LogP contribution in [0.5, 0.6) is 0 Å². The summed E-state index contributed by atoms with van der Waals surface area (Å²) in [6, 6.07) is 59.7. The van der Waals surface area contributed by atoms with Crippen molar-refractivity contribution in [3.8, 4) is 22.3 Å². The number of benzene rings is 5. The molecule has 122 heavy (non-hydrogen) atoms. The maximum absolute atomic E-state index is 11.9. The maximum Gasteiger partial charge on any atom is 2.00 e. The number of hydrogen-bond acceptors (Lipinski definition) is 6. The van der Waals surface area contributed by atoms with Gasteiger partial charge in [-0.05, 0) is 252 Å².